The van der Waals surface area contributed by atoms with Gasteiger partial charge >= 0.3 is 5.97 Å². The van der Waals surface area contributed by atoms with Crippen LogP contribution in [0.25, 0.3) is 0 Å². The van der Waals surface area contributed by atoms with Gasteiger partial charge in [0, 0.05) is 4.90 Å². The van der Waals surface area contributed by atoms with Gasteiger partial charge in [-0.1, -0.05) is 17.7 Å². The van der Waals surface area contributed by atoms with Gasteiger partial charge in [0.15, 0.2) is 18.0 Å². The number of nitrogens with zero attached hydrogens (tertiary/aromatic N) is 1. The Labute approximate surface area is 124 Å². The molecule has 1 aromatic carbocycles. The normalized spacial score (nSPS) is 25.4. The Kier molecular flexibility index (Phi) is 4.72. The van der Waals surface area contributed by atoms with Crippen molar-refractivity contribution in [3.8, 4) is 0 Å². The molecule has 0 fully saturated rings. The van der Waals surface area contributed by atoms with Gasteiger partial charge in [0.2, 0.25) is 0 Å². The highest BCUT2D eigenvalue weighted by Gasteiger charge is 2.50. The Balaban J connectivity index is 2.20. The summed E-state index contributed by atoms with van der Waals surface area (Å²) in [4.78, 5) is 16.0. The quantitative estimate of drug-likeness (QED) is 0.771. The predicted octanol–water partition coefficient (Wildman–Crippen LogP) is 1.41. The molecule has 0 unspecified atom stereocenters. The SMILES string of the molecule is COC(=O)[C@H]1N=CO[C@@]1(CF)C[S@](=O)c1ccc(C)cc1. The number of hydrogen-bond acceptors (Lipinski definition) is 5. The van der Waals surface area contributed by atoms with Crippen LogP contribution in [0.1, 0.15) is 5.56 Å². The van der Waals surface area contributed by atoms with Crippen LogP contribution in [0, 0.1) is 6.92 Å². The maximum absolute atomic E-state index is 13.5. The van der Waals surface area contributed by atoms with E-state index in [1.165, 1.54) is 7.11 Å². The van der Waals surface area contributed by atoms with Crippen molar-refractivity contribution >= 4 is 23.2 Å². The molecule has 0 saturated heterocycles. The highest BCUT2D eigenvalue weighted by atomic mass is 32.2. The molecule has 1 aliphatic rings. The molecule has 0 amide bonds. The van der Waals surface area contributed by atoms with E-state index in [9.17, 15) is 13.4 Å². The average Bonchev–Trinajstić information content (AvgIpc) is 2.91. The van der Waals surface area contributed by atoms with Crippen LogP contribution < -0.4 is 0 Å². The Morgan fingerprint density at radius 2 is 2.14 bits per heavy atom. The first-order valence-corrected chi connectivity index (χ1v) is 7.62. The van der Waals surface area contributed by atoms with Gasteiger partial charge in [-0.15, -0.1) is 0 Å². The molecule has 0 aliphatic carbocycles. The first-order valence-electron chi connectivity index (χ1n) is 6.31. The van der Waals surface area contributed by atoms with Crippen LogP contribution in [0.5, 0.6) is 0 Å². The zero-order valence-corrected chi connectivity index (χ0v) is 12.6. The van der Waals surface area contributed by atoms with Crippen LogP contribution in [-0.4, -0.2) is 47.8 Å². The van der Waals surface area contributed by atoms with Crippen LogP contribution in [0.3, 0.4) is 0 Å². The molecule has 21 heavy (non-hydrogen) atoms. The Hall–Kier alpha value is -1.76. The van der Waals surface area contributed by atoms with Crippen molar-refractivity contribution in [2.24, 2.45) is 4.99 Å². The van der Waals surface area contributed by atoms with E-state index in [-0.39, 0.29) is 5.75 Å². The smallest absolute Gasteiger partial charge is 0.335 e. The summed E-state index contributed by atoms with van der Waals surface area (Å²) in [5, 5.41) is 0. The number of alkyl halides is 1. The zero-order chi connectivity index (χ0) is 15.5. The maximum Gasteiger partial charge on any atom is 0.335 e. The third-order valence-corrected chi connectivity index (χ3v) is 4.85. The number of halogens is 1. The summed E-state index contributed by atoms with van der Waals surface area (Å²) in [7, 11) is -0.322. The molecular formula is C14H16FNO4S. The monoisotopic (exact) mass is 313 g/mol. The van der Waals surface area contributed by atoms with Gasteiger partial charge in [-0.05, 0) is 19.1 Å². The lowest BCUT2D eigenvalue weighted by atomic mass is 9.99. The average molecular weight is 313 g/mol. The van der Waals surface area contributed by atoms with Crippen LogP contribution in [0.4, 0.5) is 4.39 Å². The van der Waals surface area contributed by atoms with Gasteiger partial charge < -0.3 is 9.47 Å². The van der Waals surface area contributed by atoms with Crippen molar-refractivity contribution < 1.29 is 22.9 Å². The van der Waals surface area contributed by atoms with E-state index < -0.39 is 35.1 Å². The molecular weight excluding hydrogens is 297 g/mol. The summed E-state index contributed by atoms with van der Waals surface area (Å²) in [6.07, 6.45) is 1.02. The van der Waals surface area contributed by atoms with Crippen molar-refractivity contribution in [3.05, 3.63) is 29.8 Å². The van der Waals surface area contributed by atoms with Crippen LogP contribution in [0.2, 0.25) is 0 Å². The number of aliphatic imine (C=N–C) groups is 1. The number of rotatable bonds is 5. The lowest BCUT2D eigenvalue weighted by Crippen LogP contribution is -2.51. The lowest BCUT2D eigenvalue weighted by Gasteiger charge is -2.28. The Morgan fingerprint density at radius 1 is 1.48 bits per heavy atom. The molecule has 0 saturated carbocycles. The molecule has 3 atom stereocenters. The van der Waals surface area contributed by atoms with Gasteiger partial charge in [0.25, 0.3) is 0 Å². The number of carbonyl (C=O) groups is 1. The fourth-order valence-corrected chi connectivity index (χ4v) is 3.39. The summed E-state index contributed by atoms with van der Waals surface area (Å²) >= 11 is 0. The summed E-state index contributed by atoms with van der Waals surface area (Å²) in [6, 6.07) is 5.92. The Morgan fingerprint density at radius 3 is 2.71 bits per heavy atom. The summed E-state index contributed by atoms with van der Waals surface area (Å²) < 4.78 is 35.7. The second-order valence-electron chi connectivity index (χ2n) is 4.80. The van der Waals surface area contributed by atoms with Crippen LogP contribution >= 0.6 is 0 Å². The molecule has 1 heterocycles. The largest absolute Gasteiger partial charge is 0.471 e. The fraction of sp³-hybridized carbons (Fsp3) is 0.429. The van der Waals surface area contributed by atoms with Crippen LogP contribution in [0.15, 0.2) is 34.2 Å². The lowest BCUT2D eigenvalue weighted by molar-refractivity contribution is -0.146. The molecule has 7 heteroatoms. The number of methoxy groups -OCH3 is 1. The van der Waals surface area contributed by atoms with Gasteiger partial charge in [-0.2, -0.15) is 0 Å². The topological polar surface area (TPSA) is 65.0 Å². The standard InChI is InChI=1S/C14H16FNO4S/c1-10-3-5-11(6-4-10)21(18)8-14(7-15)12(13(17)19-2)16-9-20-14/h3-6,9,12H,7-8H2,1-2H3/t12-,14+,21+/m1/s1. The highest BCUT2D eigenvalue weighted by molar-refractivity contribution is 7.85. The molecule has 1 aromatic rings. The second-order valence-corrected chi connectivity index (χ2v) is 6.25. The van der Waals surface area contributed by atoms with Crippen molar-refractivity contribution in [3.63, 3.8) is 0 Å². The number of aryl methyl sites for hydroxylation is 1. The van der Waals surface area contributed by atoms with E-state index in [1.807, 2.05) is 19.1 Å². The first-order chi connectivity index (χ1) is 10.0. The summed E-state index contributed by atoms with van der Waals surface area (Å²) in [5.74, 6) is -0.880. The van der Waals surface area contributed by atoms with Gasteiger partial charge in [0.05, 0.1) is 23.7 Å². The molecule has 1 aliphatic heterocycles. The van der Waals surface area contributed by atoms with E-state index in [2.05, 4.69) is 9.73 Å². The fourth-order valence-electron chi connectivity index (χ4n) is 2.04. The van der Waals surface area contributed by atoms with Crippen molar-refractivity contribution in [2.45, 2.75) is 23.5 Å². The maximum atomic E-state index is 13.5. The number of hydrogen-bond donors (Lipinski definition) is 0. The molecule has 0 bridgehead atoms. The molecule has 2 rings (SSSR count). The minimum absolute atomic E-state index is 0.174. The van der Waals surface area contributed by atoms with Crippen molar-refractivity contribution in [1.82, 2.24) is 0 Å². The van der Waals surface area contributed by atoms with Crippen molar-refractivity contribution in [1.29, 1.82) is 0 Å². The Bertz CT molecular complexity index is 575. The van der Waals surface area contributed by atoms with E-state index in [0.29, 0.717) is 4.90 Å². The number of carbonyl (C=O) groups excluding carboxylic acids is 1. The number of esters is 1. The van der Waals surface area contributed by atoms with E-state index >= 15 is 0 Å². The van der Waals surface area contributed by atoms with E-state index in [1.54, 1.807) is 12.1 Å². The van der Waals surface area contributed by atoms with Gasteiger partial charge in [0.1, 0.15) is 6.67 Å². The summed E-state index contributed by atoms with van der Waals surface area (Å²) in [6.45, 7) is 0.932. The minimum Gasteiger partial charge on any atom is -0.471 e. The molecule has 0 spiro atoms. The van der Waals surface area contributed by atoms with Gasteiger partial charge in [-0.25, -0.2) is 14.2 Å². The van der Waals surface area contributed by atoms with E-state index in [4.69, 9.17) is 4.74 Å². The zero-order valence-electron chi connectivity index (χ0n) is 11.7. The third kappa shape index (κ3) is 3.12. The highest BCUT2D eigenvalue weighted by Crippen LogP contribution is 2.28. The number of benzene rings is 1. The molecule has 0 aromatic heterocycles. The predicted molar refractivity (Wildman–Crippen MR) is 76.5 cm³/mol. The van der Waals surface area contributed by atoms with Crippen LogP contribution in [-0.2, 0) is 25.1 Å². The molecule has 0 radical (unpaired) electrons. The number of ether oxygens (including phenoxy) is 2. The second kappa shape index (κ2) is 6.34. The first kappa shape index (κ1) is 15.6. The van der Waals surface area contributed by atoms with Gasteiger partial charge in [-0.3, -0.25) is 4.21 Å². The molecule has 5 nitrogen and oxygen atoms in total. The third-order valence-electron chi connectivity index (χ3n) is 3.31. The van der Waals surface area contributed by atoms with E-state index in [0.717, 1.165) is 12.0 Å². The molecule has 114 valence electrons. The van der Waals surface area contributed by atoms with Crippen molar-refractivity contribution in [2.75, 3.05) is 19.5 Å². The summed E-state index contributed by atoms with van der Waals surface area (Å²) in [5.41, 5.74) is -0.535. The minimum atomic E-state index is -1.57. The molecule has 0 N–H and O–H groups in total.